The second-order valence-corrected chi connectivity index (χ2v) is 8.57. The lowest BCUT2D eigenvalue weighted by atomic mass is 9.78. The normalized spacial score (nSPS) is 19.5. The number of fused-ring (bicyclic) bond motifs is 1. The van der Waals surface area contributed by atoms with Gasteiger partial charge in [-0.1, -0.05) is 6.07 Å². The van der Waals surface area contributed by atoms with Gasteiger partial charge in [-0.3, -0.25) is 4.90 Å². The first-order valence-electron chi connectivity index (χ1n) is 11.5. The molecule has 0 aliphatic carbocycles. The van der Waals surface area contributed by atoms with Gasteiger partial charge in [0.2, 0.25) is 6.79 Å². The number of likely N-dealkylation sites (tertiary alicyclic amines) is 1. The Hall–Kier alpha value is -3.53. The summed E-state index contributed by atoms with van der Waals surface area (Å²) in [6.45, 7) is 6.19. The second kappa shape index (κ2) is 10.4. The van der Waals surface area contributed by atoms with Gasteiger partial charge in [0.25, 0.3) is 0 Å². The fourth-order valence-electron chi connectivity index (χ4n) is 4.85. The zero-order chi connectivity index (χ0) is 25.1. The maximum atomic E-state index is 13.4. The van der Waals surface area contributed by atoms with Crippen LogP contribution in [-0.4, -0.2) is 70.1 Å². The third-order valence-corrected chi connectivity index (χ3v) is 6.50. The number of nitrogens with zero attached hydrogens (tertiary/aromatic N) is 1. The molecular formula is C25H30N2O8. The molecule has 1 aromatic rings. The number of carbonyl (C=O) groups is 3. The largest absolute Gasteiger partial charge is 0.466 e. The number of ether oxygens (including phenoxy) is 5. The molecule has 0 spiro atoms. The molecule has 3 aliphatic heterocycles. The molecule has 1 atom stereocenters. The SMILES string of the molecule is COC(=O)C1=C(C)NC(C)=C(C(=O)OCCN2CCCC2)C1c1ccc2c(c1C(=O)OC)OCO2. The van der Waals surface area contributed by atoms with E-state index in [1.807, 2.05) is 0 Å². The third-order valence-electron chi connectivity index (χ3n) is 6.50. The summed E-state index contributed by atoms with van der Waals surface area (Å²) in [5.41, 5.74) is 1.85. The second-order valence-electron chi connectivity index (χ2n) is 8.57. The maximum Gasteiger partial charge on any atom is 0.342 e. The van der Waals surface area contributed by atoms with Gasteiger partial charge in [-0.25, -0.2) is 14.4 Å². The lowest BCUT2D eigenvalue weighted by Crippen LogP contribution is -2.34. The highest BCUT2D eigenvalue weighted by Crippen LogP contribution is 2.46. The molecule has 3 aliphatic rings. The summed E-state index contributed by atoms with van der Waals surface area (Å²) < 4.78 is 26.7. The van der Waals surface area contributed by atoms with Crippen molar-refractivity contribution in [3.8, 4) is 11.5 Å². The van der Waals surface area contributed by atoms with Crippen molar-refractivity contribution in [2.24, 2.45) is 0 Å². The number of rotatable bonds is 7. The monoisotopic (exact) mass is 486 g/mol. The molecule has 1 fully saturated rings. The fourth-order valence-corrected chi connectivity index (χ4v) is 4.85. The summed E-state index contributed by atoms with van der Waals surface area (Å²) in [7, 11) is 2.51. The molecule has 1 aromatic carbocycles. The van der Waals surface area contributed by atoms with E-state index in [1.165, 1.54) is 14.2 Å². The van der Waals surface area contributed by atoms with Gasteiger partial charge >= 0.3 is 17.9 Å². The standard InChI is InChI=1S/C25H30N2O8/c1-14-18(23(28)31-3)20(16-7-8-17-22(35-13-34-17)21(16)24(29)32-4)19(15(2)26-14)25(30)33-12-11-27-9-5-6-10-27/h7-8,20,26H,5-6,9-13H2,1-4H3. The maximum absolute atomic E-state index is 13.4. The van der Waals surface area contributed by atoms with Crippen LogP contribution in [0.5, 0.6) is 11.5 Å². The quantitative estimate of drug-likeness (QED) is 0.455. The minimum atomic E-state index is -0.952. The number of esters is 3. The Bertz CT molecular complexity index is 1100. The number of benzene rings is 1. The van der Waals surface area contributed by atoms with Crippen LogP contribution in [0, 0.1) is 0 Å². The van der Waals surface area contributed by atoms with E-state index in [0.717, 1.165) is 25.9 Å². The van der Waals surface area contributed by atoms with Gasteiger partial charge in [0, 0.05) is 17.9 Å². The van der Waals surface area contributed by atoms with Gasteiger partial charge in [-0.2, -0.15) is 0 Å². The summed E-state index contributed by atoms with van der Waals surface area (Å²) >= 11 is 0. The number of hydrogen-bond acceptors (Lipinski definition) is 10. The summed E-state index contributed by atoms with van der Waals surface area (Å²) in [6.07, 6.45) is 2.27. The van der Waals surface area contributed by atoms with Crippen molar-refractivity contribution in [1.29, 1.82) is 0 Å². The van der Waals surface area contributed by atoms with Crippen molar-refractivity contribution in [1.82, 2.24) is 10.2 Å². The minimum Gasteiger partial charge on any atom is -0.466 e. The molecule has 0 aromatic heterocycles. The number of carbonyl (C=O) groups excluding carboxylic acids is 3. The molecule has 0 bridgehead atoms. The first-order chi connectivity index (χ1) is 16.9. The predicted molar refractivity (Wildman–Crippen MR) is 124 cm³/mol. The van der Waals surface area contributed by atoms with Crippen molar-refractivity contribution in [2.75, 3.05) is 47.3 Å². The van der Waals surface area contributed by atoms with E-state index in [2.05, 4.69) is 10.2 Å². The smallest absolute Gasteiger partial charge is 0.342 e. The summed E-state index contributed by atoms with van der Waals surface area (Å²) in [5, 5.41) is 3.10. The fraction of sp³-hybridized carbons (Fsp3) is 0.480. The van der Waals surface area contributed by atoms with Crippen LogP contribution >= 0.6 is 0 Å². The number of nitrogens with one attached hydrogen (secondary N) is 1. The molecule has 0 radical (unpaired) electrons. The van der Waals surface area contributed by atoms with E-state index in [-0.39, 0.29) is 35.9 Å². The molecule has 10 nitrogen and oxygen atoms in total. The van der Waals surface area contributed by atoms with E-state index in [9.17, 15) is 14.4 Å². The third kappa shape index (κ3) is 4.70. The highest BCUT2D eigenvalue weighted by atomic mass is 16.7. The molecule has 35 heavy (non-hydrogen) atoms. The van der Waals surface area contributed by atoms with E-state index < -0.39 is 23.8 Å². The molecule has 1 saturated heterocycles. The van der Waals surface area contributed by atoms with E-state index in [0.29, 0.717) is 29.3 Å². The Balaban J connectivity index is 1.78. The Kier molecular flexibility index (Phi) is 7.30. The lowest BCUT2D eigenvalue weighted by Gasteiger charge is -2.31. The molecule has 1 unspecified atom stereocenters. The number of hydrogen-bond donors (Lipinski definition) is 1. The van der Waals surface area contributed by atoms with Crippen molar-refractivity contribution in [3.63, 3.8) is 0 Å². The van der Waals surface area contributed by atoms with Crippen molar-refractivity contribution in [3.05, 3.63) is 45.8 Å². The van der Waals surface area contributed by atoms with Crippen molar-refractivity contribution >= 4 is 17.9 Å². The van der Waals surface area contributed by atoms with Crippen LogP contribution in [0.2, 0.25) is 0 Å². The van der Waals surface area contributed by atoms with E-state index >= 15 is 0 Å². The lowest BCUT2D eigenvalue weighted by molar-refractivity contribution is -0.139. The van der Waals surface area contributed by atoms with Gasteiger partial charge in [-0.15, -0.1) is 0 Å². The molecule has 0 saturated carbocycles. The zero-order valence-electron chi connectivity index (χ0n) is 20.4. The van der Waals surface area contributed by atoms with Crippen LogP contribution in [0.4, 0.5) is 0 Å². The molecule has 1 N–H and O–H groups in total. The van der Waals surface area contributed by atoms with Gasteiger partial charge < -0.3 is 29.0 Å². The summed E-state index contributed by atoms with van der Waals surface area (Å²) in [6, 6.07) is 3.28. The van der Waals surface area contributed by atoms with Gasteiger partial charge in [0.1, 0.15) is 12.2 Å². The first-order valence-corrected chi connectivity index (χ1v) is 11.5. The first kappa shape index (κ1) is 24.6. The van der Waals surface area contributed by atoms with E-state index in [4.69, 9.17) is 23.7 Å². The molecule has 188 valence electrons. The number of allylic oxidation sites excluding steroid dienone is 2. The Labute approximate surface area is 203 Å². The molecule has 4 rings (SSSR count). The van der Waals surface area contributed by atoms with Gasteiger partial charge in [-0.05, 0) is 51.4 Å². The Morgan fingerprint density at radius 3 is 2.29 bits per heavy atom. The average Bonchev–Trinajstić information content (AvgIpc) is 3.54. The Morgan fingerprint density at radius 2 is 1.63 bits per heavy atom. The van der Waals surface area contributed by atoms with Crippen molar-refractivity contribution in [2.45, 2.75) is 32.6 Å². The van der Waals surface area contributed by atoms with Crippen LogP contribution < -0.4 is 14.8 Å². The zero-order valence-corrected chi connectivity index (χ0v) is 20.4. The van der Waals surface area contributed by atoms with Crippen LogP contribution in [0.3, 0.4) is 0 Å². The van der Waals surface area contributed by atoms with Crippen LogP contribution in [0.25, 0.3) is 0 Å². The summed E-state index contributed by atoms with van der Waals surface area (Å²) in [5.74, 6) is -2.27. The Morgan fingerprint density at radius 1 is 0.971 bits per heavy atom. The van der Waals surface area contributed by atoms with Crippen LogP contribution in [-0.2, 0) is 23.8 Å². The average molecular weight is 487 g/mol. The van der Waals surface area contributed by atoms with Gasteiger partial charge in [0.15, 0.2) is 11.5 Å². The van der Waals surface area contributed by atoms with E-state index in [1.54, 1.807) is 26.0 Å². The molecular weight excluding hydrogens is 456 g/mol. The van der Waals surface area contributed by atoms with Crippen LogP contribution in [0.1, 0.15) is 48.5 Å². The van der Waals surface area contributed by atoms with Crippen molar-refractivity contribution < 1.29 is 38.1 Å². The molecule has 3 heterocycles. The minimum absolute atomic E-state index is 0.0615. The number of dihydropyridines is 1. The summed E-state index contributed by atoms with van der Waals surface area (Å²) in [4.78, 5) is 41.5. The predicted octanol–water partition coefficient (Wildman–Crippen LogP) is 2.25. The van der Waals surface area contributed by atoms with Gasteiger partial charge in [0.05, 0.1) is 31.3 Å². The van der Waals surface area contributed by atoms with Crippen LogP contribution in [0.15, 0.2) is 34.7 Å². The highest BCUT2D eigenvalue weighted by Gasteiger charge is 2.41. The number of methoxy groups -OCH3 is 2. The topological polar surface area (TPSA) is 113 Å². The highest BCUT2D eigenvalue weighted by molar-refractivity contribution is 6.03. The molecule has 0 amide bonds. The molecule has 10 heteroatoms.